The quantitative estimate of drug-likeness (QED) is 0.502. The molecule has 3 heterocycles. The number of benzene rings is 2. The summed E-state index contributed by atoms with van der Waals surface area (Å²) in [4.78, 5) is 53.0. The largest absolute Gasteiger partial charge is 0.337 e. The van der Waals surface area contributed by atoms with Crippen LogP contribution in [0.15, 0.2) is 70.5 Å². The summed E-state index contributed by atoms with van der Waals surface area (Å²) in [5, 5.41) is 0.495. The third-order valence-electron chi connectivity index (χ3n) is 6.15. The Morgan fingerprint density at radius 2 is 1.71 bits per heavy atom. The van der Waals surface area contributed by atoms with Crippen LogP contribution in [0.25, 0.3) is 10.9 Å². The number of carbonyl (C=O) groups is 1. The van der Waals surface area contributed by atoms with Gasteiger partial charge in [-0.25, -0.2) is 14.8 Å². The van der Waals surface area contributed by atoms with Crippen molar-refractivity contribution in [2.45, 2.75) is 13.5 Å². The van der Waals surface area contributed by atoms with E-state index in [-0.39, 0.29) is 12.5 Å². The fourth-order valence-corrected chi connectivity index (χ4v) is 4.40. The number of amides is 1. The van der Waals surface area contributed by atoms with Gasteiger partial charge in [-0.1, -0.05) is 24.3 Å². The average Bonchev–Trinajstić information content (AvgIpc) is 2.87. The number of nitrogens with zero attached hydrogens (tertiary/aromatic N) is 5. The molecule has 0 unspecified atom stereocenters. The molecular formula is C25H24N6O3. The topological polar surface area (TPSA) is 104 Å². The number of aromatic nitrogens is 4. The van der Waals surface area contributed by atoms with E-state index in [0.717, 1.165) is 11.1 Å². The molecule has 9 heteroatoms. The van der Waals surface area contributed by atoms with Gasteiger partial charge in [0.25, 0.3) is 11.5 Å². The molecule has 5 rings (SSSR count). The van der Waals surface area contributed by atoms with Crippen molar-refractivity contribution in [1.82, 2.24) is 24.4 Å². The number of nitrogens with one attached hydrogen (secondary N) is 1. The first kappa shape index (κ1) is 21.6. The number of H-pyrrole nitrogens is 1. The summed E-state index contributed by atoms with van der Waals surface area (Å²) in [7, 11) is 0. The fourth-order valence-electron chi connectivity index (χ4n) is 4.40. The maximum Gasteiger partial charge on any atom is 0.329 e. The van der Waals surface area contributed by atoms with Crippen LogP contribution in [0.1, 0.15) is 21.5 Å². The molecule has 0 bridgehead atoms. The molecule has 2 aromatic carbocycles. The van der Waals surface area contributed by atoms with Crippen LogP contribution in [-0.2, 0) is 6.54 Å². The Morgan fingerprint density at radius 3 is 2.47 bits per heavy atom. The molecule has 0 aliphatic carbocycles. The zero-order valence-corrected chi connectivity index (χ0v) is 18.8. The second-order valence-electron chi connectivity index (χ2n) is 8.34. The minimum absolute atomic E-state index is 0.0509. The number of anilines is 1. The second-order valence-corrected chi connectivity index (χ2v) is 8.34. The maximum absolute atomic E-state index is 13.2. The van der Waals surface area contributed by atoms with E-state index in [2.05, 4.69) is 19.9 Å². The second kappa shape index (κ2) is 8.93. The lowest BCUT2D eigenvalue weighted by Crippen LogP contribution is -2.49. The summed E-state index contributed by atoms with van der Waals surface area (Å²) in [5.74, 6) is 0.621. The highest BCUT2D eigenvalue weighted by molar-refractivity contribution is 5.94. The van der Waals surface area contributed by atoms with Crippen molar-refractivity contribution >= 4 is 22.8 Å². The van der Waals surface area contributed by atoms with Crippen molar-refractivity contribution in [2.75, 3.05) is 31.1 Å². The summed E-state index contributed by atoms with van der Waals surface area (Å²) >= 11 is 0. The summed E-state index contributed by atoms with van der Waals surface area (Å²) in [5.41, 5.74) is 1.89. The number of carbonyl (C=O) groups excluding carboxylic acids is 1. The summed E-state index contributed by atoms with van der Waals surface area (Å²) in [6, 6.07) is 14.5. The molecule has 34 heavy (non-hydrogen) atoms. The van der Waals surface area contributed by atoms with Crippen LogP contribution in [0.4, 0.5) is 5.95 Å². The Bertz CT molecular complexity index is 1470. The number of hydrogen-bond donors (Lipinski definition) is 1. The van der Waals surface area contributed by atoms with E-state index in [0.29, 0.717) is 48.6 Å². The van der Waals surface area contributed by atoms with Crippen molar-refractivity contribution in [2.24, 2.45) is 0 Å². The summed E-state index contributed by atoms with van der Waals surface area (Å²) < 4.78 is 1.53. The Morgan fingerprint density at radius 1 is 0.971 bits per heavy atom. The van der Waals surface area contributed by atoms with E-state index < -0.39 is 11.2 Å². The fraction of sp³-hybridized carbons (Fsp3) is 0.240. The standard InChI is InChI=1S/C25H24N6O3/c1-17-5-2-8-20-21(17)22(32)28-25(34)31(20)16-18-6-3-7-19(15-18)23(33)29-11-13-30(14-12-29)24-26-9-4-10-27-24/h2-10,15H,11-14,16H2,1H3,(H,28,32,34). The van der Waals surface area contributed by atoms with E-state index in [9.17, 15) is 14.4 Å². The van der Waals surface area contributed by atoms with Crippen LogP contribution in [0, 0.1) is 6.92 Å². The van der Waals surface area contributed by atoms with Crippen molar-refractivity contribution in [3.05, 3.63) is 98.5 Å². The lowest BCUT2D eigenvalue weighted by Gasteiger charge is -2.34. The number of hydrogen-bond acceptors (Lipinski definition) is 6. The molecule has 1 aliphatic rings. The van der Waals surface area contributed by atoms with Gasteiger partial charge in [0.05, 0.1) is 17.4 Å². The number of aryl methyl sites for hydroxylation is 1. The van der Waals surface area contributed by atoms with Gasteiger partial charge in [-0.2, -0.15) is 0 Å². The minimum atomic E-state index is -0.473. The molecule has 0 radical (unpaired) electrons. The van der Waals surface area contributed by atoms with Gasteiger partial charge in [-0.05, 0) is 42.3 Å². The van der Waals surface area contributed by atoms with Gasteiger partial charge in [0.1, 0.15) is 0 Å². The van der Waals surface area contributed by atoms with Gasteiger partial charge in [-0.15, -0.1) is 0 Å². The Hall–Kier alpha value is -4.27. The molecule has 0 spiro atoms. The van der Waals surface area contributed by atoms with Crippen LogP contribution < -0.4 is 16.1 Å². The zero-order valence-electron chi connectivity index (χ0n) is 18.8. The van der Waals surface area contributed by atoms with Crippen LogP contribution in [0.5, 0.6) is 0 Å². The molecule has 1 aliphatic heterocycles. The van der Waals surface area contributed by atoms with Gasteiger partial charge >= 0.3 is 5.69 Å². The Kier molecular flexibility index (Phi) is 5.67. The number of aromatic amines is 1. The van der Waals surface area contributed by atoms with Gasteiger partial charge in [-0.3, -0.25) is 19.1 Å². The van der Waals surface area contributed by atoms with E-state index in [1.165, 1.54) is 4.57 Å². The Labute approximate surface area is 195 Å². The van der Waals surface area contributed by atoms with E-state index in [1.54, 1.807) is 30.6 Å². The molecule has 2 aromatic heterocycles. The normalized spacial score (nSPS) is 13.9. The predicted octanol–water partition coefficient (Wildman–Crippen LogP) is 1.80. The van der Waals surface area contributed by atoms with Crippen LogP contribution >= 0.6 is 0 Å². The van der Waals surface area contributed by atoms with Crippen molar-refractivity contribution in [3.63, 3.8) is 0 Å². The van der Waals surface area contributed by atoms with E-state index >= 15 is 0 Å². The molecule has 1 amide bonds. The first-order chi connectivity index (χ1) is 16.5. The summed E-state index contributed by atoms with van der Waals surface area (Å²) in [6.07, 6.45) is 3.42. The van der Waals surface area contributed by atoms with Gasteiger partial charge in [0.2, 0.25) is 5.95 Å². The Balaban J connectivity index is 1.36. The monoisotopic (exact) mass is 456 g/mol. The maximum atomic E-state index is 13.2. The van der Waals surface area contributed by atoms with Gasteiger partial charge in [0.15, 0.2) is 0 Å². The molecule has 172 valence electrons. The molecular weight excluding hydrogens is 432 g/mol. The van der Waals surface area contributed by atoms with Gasteiger partial charge in [0, 0.05) is 44.1 Å². The first-order valence-electron chi connectivity index (χ1n) is 11.1. The molecule has 1 fully saturated rings. The van der Waals surface area contributed by atoms with Crippen molar-refractivity contribution in [3.8, 4) is 0 Å². The molecule has 4 aromatic rings. The summed E-state index contributed by atoms with van der Waals surface area (Å²) in [6.45, 7) is 4.56. The van der Waals surface area contributed by atoms with Crippen molar-refractivity contribution < 1.29 is 4.79 Å². The molecule has 0 atom stereocenters. The van der Waals surface area contributed by atoms with Crippen molar-refractivity contribution in [1.29, 1.82) is 0 Å². The average molecular weight is 457 g/mol. The van der Waals surface area contributed by atoms with Crippen LogP contribution in [0.3, 0.4) is 0 Å². The third kappa shape index (κ3) is 4.07. The predicted molar refractivity (Wildman–Crippen MR) is 129 cm³/mol. The minimum Gasteiger partial charge on any atom is -0.337 e. The zero-order chi connectivity index (χ0) is 23.7. The number of fused-ring (bicyclic) bond motifs is 1. The number of piperazine rings is 1. The molecule has 1 saturated heterocycles. The van der Waals surface area contributed by atoms with Crippen LogP contribution in [-0.4, -0.2) is 56.5 Å². The number of rotatable bonds is 4. The molecule has 1 N–H and O–H groups in total. The lowest BCUT2D eigenvalue weighted by atomic mass is 10.1. The highest BCUT2D eigenvalue weighted by Crippen LogP contribution is 2.16. The molecule has 9 nitrogen and oxygen atoms in total. The highest BCUT2D eigenvalue weighted by atomic mass is 16.2. The van der Waals surface area contributed by atoms with E-state index in [1.807, 2.05) is 42.2 Å². The SMILES string of the molecule is Cc1cccc2c1c(=O)[nH]c(=O)n2Cc1cccc(C(=O)N2CCN(c3ncccn3)CC2)c1. The van der Waals surface area contributed by atoms with Gasteiger partial charge < -0.3 is 9.80 Å². The van der Waals surface area contributed by atoms with Crippen LogP contribution in [0.2, 0.25) is 0 Å². The smallest absolute Gasteiger partial charge is 0.329 e. The lowest BCUT2D eigenvalue weighted by molar-refractivity contribution is 0.0746. The molecule has 0 saturated carbocycles. The third-order valence-corrected chi connectivity index (χ3v) is 6.15. The highest BCUT2D eigenvalue weighted by Gasteiger charge is 2.23. The first-order valence-corrected chi connectivity index (χ1v) is 11.1. The van der Waals surface area contributed by atoms with E-state index in [4.69, 9.17) is 0 Å².